The molecule has 1 amide bonds. The number of nitrogens with one attached hydrogen (secondary N) is 1. The van der Waals surface area contributed by atoms with Crippen LogP contribution in [-0.4, -0.2) is 16.4 Å². The zero-order valence-corrected chi connectivity index (χ0v) is 16.2. The molecule has 1 aromatic rings. The lowest BCUT2D eigenvalue weighted by atomic mass is 10.1. The first kappa shape index (κ1) is 20.4. The van der Waals surface area contributed by atoms with E-state index in [-0.39, 0.29) is 11.4 Å². The van der Waals surface area contributed by atoms with Crippen LogP contribution in [0.25, 0.3) is 5.57 Å². The maximum absolute atomic E-state index is 12.7. The minimum Gasteiger partial charge on any atom is -0.347 e. The molecule has 0 saturated carbocycles. The van der Waals surface area contributed by atoms with Crippen LogP contribution in [0.2, 0.25) is 0 Å². The maximum atomic E-state index is 12.7. The predicted molar refractivity (Wildman–Crippen MR) is 107 cm³/mol. The summed E-state index contributed by atoms with van der Waals surface area (Å²) in [6, 6.07) is 3.58. The highest BCUT2D eigenvalue weighted by Crippen LogP contribution is 2.23. The van der Waals surface area contributed by atoms with Crippen LogP contribution in [0.5, 0.6) is 0 Å². The number of amides is 1. The van der Waals surface area contributed by atoms with Gasteiger partial charge < -0.3 is 10.2 Å². The summed E-state index contributed by atoms with van der Waals surface area (Å²) in [5.74, 6) is 0.518. The van der Waals surface area contributed by atoms with E-state index in [2.05, 4.69) is 23.5 Å². The minimum absolute atomic E-state index is 0.133. The molecule has 0 saturated heterocycles. The summed E-state index contributed by atoms with van der Waals surface area (Å²) >= 11 is 0. The predicted octanol–water partition coefficient (Wildman–Crippen LogP) is 5.07. The standard InChI is InChI=1S/C21H29N3O/c1-9-11-16(5)18-13-17(20(25)23-21(6,7)8)14-19(22-18)24(12-10-2)15(3)4/h9-14H,1,3H2,2,4-8H3,(H,23,25)/b12-10-,16-11+. The van der Waals surface area contributed by atoms with Crippen LogP contribution in [0.1, 0.15) is 57.6 Å². The van der Waals surface area contributed by atoms with E-state index >= 15 is 0 Å². The fourth-order valence-electron chi connectivity index (χ4n) is 2.20. The maximum Gasteiger partial charge on any atom is 0.251 e. The van der Waals surface area contributed by atoms with Crippen molar-refractivity contribution in [3.8, 4) is 0 Å². The lowest BCUT2D eigenvalue weighted by Gasteiger charge is -2.23. The topological polar surface area (TPSA) is 45.2 Å². The van der Waals surface area contributed by atoms with Gasteiger partial charge >= 0.3 is 0 Å². The van der Waals surface area contributed by atoms with Crippen LogP contribution in [0.15, 0.2) is 55.4 Å². The minimum atomic E-state index is -0.315. The van der Waals surface area contributed by atoms with E-state index < -0.39 is 0 Å². The Morgan fingerprint density at radius 1 is 1.28 bits per heavy atom. The number of nitrogens with zero attached hydrogens (tertiary/aromatic N) is 2. The van der Waals surface area contributed by atoms with Crippen LogP contribution >= 0.6 is 0 Å². The monoisotopic (exact) mass is 339 g/mol. The smallest absolute Gasteiger partial charge is 0.251 e. The summed E-state index contributed by atoms with van der Waals surface area (Å²) in [5.41, 5.74) is 2.72. The third kappa shape index (κ3) is 6.07. The molecule has 1 aromatic heterocycles. The summed E-state index contributed by atoms with van der Waals surface area (Å²) < 4.78 is 0. The van der Waals surface area contributed by atoms with E-state index in [0.29, 0.717) is 11.4 Å². The molecular weight excluding hydrogens is 310 g/mol. The molecule has 0 unspecified atom stereocenters. The second-order valence-corrected chi connectivity index (χ2v) is 6.98. The van der Waals surface area contributed by atoms with Crippen molar-refractivity contribution in [2.24, 2.45) is 0 Å². The van der Waals surface area contributed by atoms with Gasteiger partial charge in [-0.1, -0.05) is 31.4 Å². The fraction of sp³-hybridized carbons (Fsp3) is 0.333. The molecule has 0 radical (unpaired) electrons. The van der Waals surface area contributed by atoms with Crippen molar-refractivity contribution < 1.29 is 4.79 Å². The first-order chi connectivity index (χ1) is 11.6. The summed E-state index contributed by atoms with van der Waals surface area (Å²) in [6.07, 6.45) is 7.37. The summed E-state index contributed by atoms with van der Waals surface area (Å²) in [7, 11) is 0. The second-order valence-electron chi connectivity index (χ2n) is 6.98. The van der Waals surface area contributed by atoms with Gasteiger partial charge in [-0.05, 0) is 59.2 Å². The zero-order chi connectivity index (χ0) is 19.2. The number of aromatic nitrogens is 1. The lowest BCUT2D eigenvalue weighted by molar-refractivity contribution is 0.0919. The van der Waals surface area contributed by atoms with Crippen LogP contribution in [-0.2, 0) is 0 Å². The van der Waals surface area contributed by atoms with Crippen LogP contribution < -0.4 is 10.2 Å². The van der Waals surface area contributed by atoms with Gasteiger partial charge in [0.25, 0.3) is 5.91 Å². The molecule has 0 spiro atoms. The molecule has 1 N–H and O–H groups in total. The summed E-state index contributed by atoms with van der Waals surface area (Å²) in [4.78, 5) is 19.2. The molecule has 4 nitrogen and oxygen atoms in total. The Hall–Kier alpha value is -2.62. The van der Waals surface area contributed by atoms with Crippen LogP contribution in [0.4, 0.5) is 5.82 Å². The number of hydrogen-bond donors (Lipinski definition) is 1. The molecule has 1 rings (SSSR count). The molecule has 0 aliphatic rings. The van der Waals surface area contributed by atoms with Crippen molar-refractivity contribution in [3.05, 3.63) is 66.7 Å². The normalized spacial score (nSPS) is 12.2. The molecule has 1 heterocycles. The van der Waals surface area contributed by atoms with Gasteiger partial charge in [-0.25, -0.2) is 4.98 Å². The third-order valence-corrected chi connectivity index (χ3v) is 3.29. The first-order valence-electron chi connectivity index (χ1n) is 8.31. The number of hydrogen-bond acceptors (Lipinski definition) is 3. The quantitative estimate of drug-likeness (QED) is 0.736. The number of anilines is 1. The largest absolute Gasteiger partial charge is 0.347 e. The third-order valence-electron chi connectivity index (χ3n) is 3.29. The van der Waals surface area contributed by atoms with Crippen molar-refractivity contribution in [1.82, 2.24) is 10.3 Å². The molecule has 0 atom stereocenters. The zero-order valence-electron chi connectivity index (χ0n) is 16.2. The van der Waals surface area contributed by atoms with Gasteiger partial charge in [0.15, 0.2) is 0 Å². The fourth-order valence-corrected chi connectivity index (χ4v) is 2.20. The number of pyridine rings is 1. The van der Waals surface area contributed by atoms with E-state index in [1.165, 1.54) is 0 Å². The molecule has 0 bridgehead atoms. The average molecular weight is 339 g/mol. The molecule has 134 valence electrons. The molecule has 0 aromatic carbocycles. The van der Waals surface area contributed by atoms with Gasteiger partial charge in [0.1, 0.15) is 5.82 Å². The van der Waals surface area contributed by atoms with E-state index in [4.69, 9.17) is 0 Å². The molecule has 0 aliphatic heterocycles. The highest BCUT2D eigenvalue weighted by molar-refractivity contribution is 5.96. The Kier molecular flexibility index (Phi) is 6.92. The van der Waals surface area contributed by atoms with E-state index in [0.717, 1.165) is 17.0 Å². The number of allylic oxidation sites excluding steroid dienone is 5. The van der Waals surface area contributed by atoms with Gasteiger partial charge in [0.05, 0.1) is 5.69 Å². The summed E-state index contributed by atoms with van der Waals surface area (Å²) in [5, 5.41) is 3.00. The Balaban J connectivity index is 3.52. The Bertz CT molecular complexity index is 721. The number of carbonyl (C=O) groups is 1. The lowest BCUT2D eigenvalue weighted by Crippen LogP contribution is -2.40. The van der Waals surface area contributed by atoms with E-state index in [1.54, 1.807) is 18.2 Å². The highest BCUT2D eigenvalue weighted by atomic mass is 16.1. The Morgan fingerprint density at radius 2 is 1.92 bits per heavy atom. The van der Waals surface area contributed by atoms with Gasteiger partial charge in [0.2, 0.25) is 0 Å². The van der Waals surface area contributed by atoms with Crippen molar-refractivity contribution in [3.63, 3.8) is 0 Å². The van der Waals surface area contributed by atoms with Crippen molar-refractivity contribution >= 4 is 17.3 Å². The van der Waals surface area contributed by atoms with Crippen LogP contribution in [0, 0.1) is 0 Å². The first-order valence-corrected chi connectivity index (χ1v) is 8.31. The second kappa shape index (κ2) is 8.47. The summed E-state index contributed by atoms with van der Waals surface area (Å²) in [6.45, 7) is 19.4. The van der Waals surface area contributed by atoms with Gasteiger partial charge in [-0.15, -0.1) is 0 Å². The SMILES string of the molecule is C=C/C=C(\C)c1cc(C(=O)NC(C)(C)C)cc(N(/C=C\C)C(=C)C)n1. The van der Waals surface area contributed by atoms with Gasteiger partial charge in [-0.2, -0.15) is 0 Å². The molecule has 0 fully saturated rings. The molecule has 0 aliphatic carbocycles. The van der Waals surface area contributed by atoms with Gasteiger partial charge in [-0.3, -0.25) is 4.79 Å². The van der Waals surface area contributed by atoms with E-state index in [9.17, 15) is 4.79 Å². The number of carbonyl (C=O) groups excluding carboxylic acids is 1. The Labute approximate surface area is 151 Å². The van der Waals surface area contributed by atoms with Crippen LogP contribution in [0.3, 0.4) is 0 Å². The molecule has 25 heavy (non-hydrogen) atoms. The highest BCUT2D eigenvalue weighted by Gasteiger charge is 2.18. The molecular formula is C21H29N3O. The van der Waals surface area contributed by atoms with E-state index in [1.807, 2.05) is 64.8 Å². The van der Waals surface area contributed by atoms with Crippen molar-refractivity contribution in [1.29, 1.82) is 0 Å². The Morgan fingerprint density at radius 3 is 2.40 bits per heavy atom. The van der Waals surface area contributed by atoms with Crippen molar-refractivity contribution in [2.75, 3.05) is 4.90 Å². The van der Waals surface area contributed by atoms with Gasteiger partial charge in [0, 0.05) is 23.0 Å². The van der Waals surface area contributed by atoms with Crippen molar-refractivity contribution in [2.45, 2.75) is 47.1 Å². The number of rotatable bonds is 6. The molecule has 4 heteroatoms. The average Bonchev–Trinajstić information content (AvgIpc) is 2.50.